The van der Waals surface area contributed by atoms with Crippen molar-refractivity contribution in [1.29, 1.82) is 0 Å². The minimum atomic E-state index is -0.673. The first-order valence-electron chi connectivity index (χ1n) is 5.36. The first kappa shape index (κ1) is 10.4. The van der Waals surface area contributed by atoms with Crippen molar-refractivity contribution in [1.82, 2.24) is 4.90 Å². The molecule has 2 atom stereocenters. The maximum absolute atomic E-state index is 13.3. The Balaban J connectivity index is 2.21. The average molecular weight is 208 g/mol. The molecule has 1 aliphatic rings. The molecule has 2 unspecified atom stereocenters. The van der Waals surface area contributed by atoms with Crippen LogP contribution in [0.2, 0.25) is 0 Å². The van der Waals surface area contributed by atoms with Crippen LogP contribution >= 0.6 is 0 Å². The van der Waals surface area contributed by atoms with Crippen molar-refractivity contribution in [3.8, 4) is 0 Å². The number of nitrogens with two attached hydrogens (primary N) is 1. The molecule has 1 aromatic rings. The van der Waals surface area contributed by atoms with Crippen molar-refractivity contribution < 1.29 is 4.39 Å². The second-order valence-electron chi connectivity index (χ2n) is 4.29. The highest BCUT2D eigenvalue weighted by Crippen LogP contribution is 2.31. The van der Waals surface area contributed by atoms with Gasteiger partial charge >= 0.3 is 0 Å². The number of nitrogen functional groups attached to an aromatic ring is 1. The number of benzene rings is 1. The Morgan fingerprint density at radius 2 is 2.27 bits per heavy atom. The number of piperidine rings is 1. The largest absolute Gasteiger partial charge is 0.399 e. The lowest BCUT2D eigenvalue weighted by molar-refractivity contribution is 0.114. The monoisotopic (exact) mass is 208 g/mol. The highest BCUT2D eigenvalue weighted by molar-refractivity contribution is 5.41. The summed E-state index contributed by atoms with van der Waals surface area (Å²) < 4.78 is 13.3. The molecule has 1 heterocycles. The van der Waals surface area contributed by atoms with Crippen molar-refractivity contribution >= 4 is 5.69 Å². The molecule has 0 spiro atoms. The van der Waals surface area contributed by atoms with Crippen LogP contribution in [0.1, 0.15) is 24.4 Å². The van der Waals surface area contributed by atoms with Gasteiger partial charge in [0.1, 0.15) is 6.17 Å². The second kappa shape index (κ2) is 4.19. The van der Waals surface area contributed by atoms with Crippen molar-refractivity contribution in [3.05, 3.63) is 29.8 Å². The van der Waals surface area contributed by atoms with Crippen LogP contribution in [-0.2, 0) is 0 Å². The summed E-state index contributed by atoms with van der Waals surface area (Å²) in [4.78, 5) is 2.20. The quantitative estimate of drug-likeness (QED) is 0.718. The lowest BCUT2D eigenvalue weighted by atomic mass is 9.94. The fourth-order valence-electron chi connectivity index (χ4n) is 2.20. The summed E-state index contributed by atoms with van der Waals surface area (Å²) in [5.41, 5.74) is 7.61. The number of hydrogen-bond acceptors (Lipinski definition) is 2. The van der Waals surface area contributed by atoms with E-state index >= 15 is 0 Å². The van der Waals surface area contributed by atoms with E-state index in [1.54, 1.807) is 0 Å². The van der Waals surface area contributed by atoms with Crippen LogP contribution in [0.5, 0.6) is 0 Å². The Labute approximate surface area is 89.9 Å². The third-order valence-electron chi connectivity index (χ3n) is 3.10. The topological polar surface area (TPSA) is 29.3 Å². The van der Waals surface area contributed by atoms with E-state index in [2.05, 4.69) is 4.90 Å². The molecular formula is C12H17FN2. The number of hydrogen-bond donors (Lipinski definition) is 1. The molecule has 3 heteroatoms. The van der Waals surface area contributed by atoms with Gasteiger partial charge in [0.25, 0.3) is 0 Å². The molecule has 0 radical (unpaired) electrons. The molecule has 1 aromatic carbocycles. The van der Waals surface area contributed by atoms with E-state index in [0.717, 1.165) is 17.8 Å². The van der Waals surface area contributed by atoms with Crippen molar-refractivity contribution in [2.75, 3.05) is 19.3 Å². The van der Waals surface area contributed by atoms with Gasteiger partial charge in [0.2, 0.25) is 0 Å². The van der Waals surface area contributed by atoms with Gasteiger partial charge in [-0.3, -0.25) is 4.90 Å². The molecule has 2 nitrogen and oxygen atoms in total. The Morgan fingerprint density at radius 3 is 3.00 bits per heavy atom. The van der Waals surface area contributed by atoms with E-state index in [4.69, 9.17) is 5.73 Å². The van der Waals surface area contributed by atoms with Gasteiger partial charge in [0.15, 0.2) is 0 Å². The molecule has 0 aliphatic carbocycles. The van der Waals surface area contributed by atoms with E-state index in [1.807, 2.05) is 31.3 Å². The van der Waals surface area contributed by atoms with Gasteiger partial charge in [-0.2, -0.15) is 0 Å². The van der Waals surface area contributed by atoms with Crippen LogP contribution in [-0.4, -0.2) is 24.7 Å². The first-order valence-corrected chi connectivity index (χ1v) is 5.36. The summed E-state index contributed by atoms with van der Waals surface area (Å²) in [7, 11) is 2.04. The summed E-state index contributed by atoms with van der Waals surface area (Å²) in [6.07, 6.45) is 0.558. The lowest BCUT2D eigenvalue weighted by Crippen LogP contribution is -2.34. The molecule has 1 aliphatic heterocycles. The fourth-order valence-corrected chi connectivity index (χ4v) is 2.20. The third-order valence-corrected chi connectivity index (χ3v) is 3.10. The van der Waals surface area contributed by atoms with Crippen molar-refractivity contribution in [2.24, 2.45) is 0 Å². The molecule has 0 bridgehead atoms. The Kier molecular flexibility index (Phi) is 2.91. The number of likely N-dealkylation sites (tertiary alicyclic amines) is 1. The van der Waals surface area contributed by atoms with Gasteiger partial charge < -0.3 is 5.73 Å². The molecule has 1 fully saturated rings. The van der Waals surface area contributed by atoms with Gasteiger partial charge in [0, 0.05) is 18.3 Å². The zero-order valence-electron chi connectivity index (χ0n) is 8.99. The lowest BCUT2D eigenvalue weighted by Gasteiger charge is -2.34. The molecule has 0 saturated carbocycles. The van der Waals surface area contributed by atoms with Crippen LogP contribution in [0.4, 0.5) is 10.1 Å². The number of halogens is 1. The van der Waals surface area contributed by atoms with Gasteiger partial charge in [-0.1, -0.05) is 12.1 Å². The average Bonchev–Trinajstić information content (AvgIpc) is 2.22. The predicted molar refractivity (Wildman–Crippen MR) is 60.4 cm³/mol. The summed E-state index contributed by atoms with van der Waals surface area (Å²) in [5, 5.41) is 0. The molecule has 15 heavy (non-hydrogen) atoms. The number of rotatable bonds is 1. The molecule has 0 aromatic heterocycles. The maximum atomic E-state index is 13.3. The van der Waals surface area contributed by atoms with Gasteiger partial charge in [-0.25, -0.2) is 4.39 Å². The molecule has 82 valence electrons. The highest BCUT2D eigenvalue weighted by Gasteiger charge is 2.26. The van der Waals surface area contributed by atoms with Crippen LogP contribution < -0.4 is 5.73 Å². The Bertz CT molecular complexity index is 340. The van der Waals surface area contributed by atoms with Gasteiger partial charge in [0.05, 0.1) is 0 Å². The van der Waals surface area contributed by atoms with Crippen LogP contribution in [0.25, 0.3) is 0 Å². The molecular weight excluding hydrogens is 191 g/mol. The van der Waals surface area contributed by atoms with Crippen molar-refractivity contribution in [3.63, 3.8) is 0 Å². The van der Waals surface area contributed by atoms with Crippen LogP contribution in [0.3, 0.4) is 0 Å². The first-order chi connectivity index (χ1) is 7.16. The minimum Gasteiger partial charge on any atom is -0.399 e. The van der Waals surface area contributed by atoms with Crippen molar-refractivity contribution in [2.45, 2.75) is 25.1 Å². The van der Waals surface area contributed by atoms with Crippen LogP contribution in [0.15, 0.2) is 24.3 Å². The number of alkyl halides is 1. The Hall–Kier alpha value is -1.09. The van der Waals surface area contributed by atoms with Gasteiger partial charge in [-0.05, 0) is 37.6 Å². The van der Waals surface area contributed by atoms with Gasteiger partial charge in [-0.15, -0.1) is 0 Å². The van der Waals surface area contributed by atoms with E-state index in [9.17, 15) is 4.39 Å². The summed E-state index contributed by atoms with van der Waals surface area (Å²) >= 11 is 0. The zero-order valence-corrected chi connectivity index (χ0v) is 8.99. The smallest absolute Gasteiger partial charge is 0.103 e. The molecule has 2 N–H and O–H groups in total. The number of anilines is 1. The van der Waals surface area contributed by atoms with E-state index in [0.29, 0.717) is 12.8 Å². The van der Waals surface area contributed by atoms with E-state index in [-0.39, 0.29) is 6.04 Å². The maximum Gasteiger partial charge on any atom is 0.103 e. The highest BCUT2D eigenvalue weighted by atomic mass is 19.1. The summed E-state index contributed by atoms with van der Waals surface area (Å²) in [6.45, 7) is 0.820. The third kappa shape index (κ3) is 2.29. The molecule has 2 rings (SSSR count). The zero-order chi connectivity index (χ0) is 10.8. The van der Waals surface area contributed by atoms with Crippen LogP contribution in [0, 0.1) is 0 Å². The number of nitrogens with zero attached hydrogens (tertiary/aromatic N) is 1. The predicted octanol–water partition coefficient (Wildman–Crippen LogP) is 2.37. The molecule has 0 amide bonds. The fraction of sp³-hybridized carbons (Fsp3) is 0.500. The van der Waals surface area contributed by atoms with E-state index < -0.39 is 6.17 Å². The second-order valence-corrected chi connectivity index (χ2v) is 4.29. The molecule has 1 saturated heterocycles. The minimum absolute atomic E-state index is 0.178. The summed E-state index contributed by atoms with van der Waals surface area (Å²) in [5.74, 6) is 0. The SMILES string of the molecule is CN1CCC(F)CC1c1cccc(N)c1. The summed E-state index contributed by atoms with van der Waals surface area (Å²) in [6, 6.07) is 7.94. The van der Waals surface area contributed by atoms with E-state index in [1.165, 1.54) is 0 Å². The Morgan fingerprint density at radius 1 is 1.47 bits per heavy atom. The normalized spacial score (nSPS) is 27.9. The standard InChI is InChI=1S/C12H17FN2/c1-15-6-5-10(13)8-12(15)9-3-2-4-11(14)7-9/h2-4,7,10,12H,5-6,8,14H2,1H3.